The lowest BCUT2D eigenvalue weighted by Crippen LogP contribution is -2.46. The molecule has 76 valence electrons. The fraction of sp³-hybridized carbons (Fsp3) is 1.00. The van der Waals surface area contributed by atoms with Crippen molar-refractivity contribution >= 4 is 11.6 Å². The third-order valence-corrected chi connectivity index (χ3v) is 3.85. The van der Waals surface area contributed by atoms with Crippen molar-refractivity contribution in [2.45, 2.75) is 49.6 Å². The first kappa shape index (κ1) is 9.75. The molecule has 1 saturated heterocycles. The maximum absolute atomic E-state index is 6.31. The van der Waals surface area contributed by atoms with Gasteiger partial charge in [0.25, 0.3) is 0 Å². The summed E-state index contributed by atoms with van der Waals surface area (Å²) in [5.74, 6) is 0. The van der Waals surface area contributed by atoms with Crippen LogP contribution in [0.5, 0.6) is 0 Å². The number of ether oxygens (including phenoxy) is 1. The number of nitrogens with one attached hydrogen (secondary N) is 1. The Morgan fingerprint density at radius 3 is 2.85 bits per heavy atom. The molecule has 0 spiro atoms. The van der Waals surface area contributed by atoms with Gasteiger partial charge >= 0.3 is 0 Å². The highest BCUT2D eigenvalue weighted by Gasteiger charge is 2.46. The lowest BCUT2D eigenvalue weighted by Gasteiger charge is -2.28. The van der Waals surface area contributed by atoms with Gasteiger partial charge in [-0.3, -0.25) is 0 Å². The van der Waals surface area contributed by atoms with Crippen molar-refractivity contribution in [2.75, 3.05) is 13.2 Å². The number of hydrogen-bond donors (Lipinski definition) is 1. The zero-order valence-electron chi connectivity index (χ0n) is 8.18. The van der Waals surface area contributed by atoms with Crippen molar-refractivity contribution in [3.05, 3.63) is 0 Å². The van der Waals surface area contributed by atoms with Gasteiger partial charge < -0.3 is 10.1 Å². The standard InChI is InChI=1S/C10H18ClNO/c1-8(10(11)4-5-10)12-9-3-2-6-13-7-9/h8-9,12H,2-7H2,1H3. The fourth-order valence-corrected chi connectivity index (χ4v) is 2.08. The van der Waals surface area contributed by atoms with E-state index in [0.29, 0.717) is 12.1 Å². The summed E-state index contributed by atoms with van der Waals surface area (Å²) in [6, 6.07) is 0.959. The van der Waals surface area contributed by atoms with E-state index < -0.39 is 0 Å². The molecule has 2 atom stereocenters. The molecule has 2 nitrogen and oxygen atoms in total. The first-order chi connectivity index (χ1) is 6.21. The maximum Gasteiger partial charge on any atom is 0.0619 e. The van der Waals surface area contributed by atoms with Crippen molar-refractivity contribution in [3.8, 4) is 0 Å². The molecule has 0 aromatic rings. The Kier molecular flexibility index (Phi) is 2.82. The molecule has 2 fully saturated rings. The lowest BCUT2D eigenvalue weighted by molar-refractivity contribution is 0.0666. The van der Waals surface area contributed by atoms with Crippen molar-refractivity contribution in [3.63, 3.8) is 0 Å². The summed E-state index contributed by atoms with van der Waals surface area (Å²) >= 11 is 6.31. The summed E-state index contributed by atoms with van der Waals surface area (Å²) in [5.41, 5.74) is 0. The van der Waals surface area contributed by atoms with Gasteiger partial charge in [0.15, 0.2) is 0 Å². The van der Waals surface area contributed by atoms with Gasteiger partial charge in [0.1, 0.15) is 0 Å². The van der Waals surface area contributed by atoms with E-state index in [-0.39, 0.29) is 4.87 Å². The van der Waals surface area contributed by atoms with E-state index in [9.17, 15) is 0 Å². The fourth-order valence-electron chi connectivity index (χ4n) is 1.93. The molecule has 0 aromatic carbocycles. The normalized spacial score (nSPS) is 34.2. The second kappa shape index (κ2) is 3.76. The molecule has 2 unspecified atom stereocenters. The summed E-state index contributed by atoms with van der Waals surface area (Å²) in [6.45, 7) is 3.98. The van der Waals surface area contributed by atoms with Gasteiger partial charge in [-0.25, -0.2) is 0 Å². The van der Waals surface area contributed by atoms with E-state index in [0.717, 1.165) is 26.1 Å². The van der Waals surface area contributed by atoms with Gasteiger partial charge in [-0.05, 0) is 32.6 Å². The minimum absolute atomic E-state index is 0.0669. The van der Waals surface area contributed by atoms with Crippen LogP contribution in [-0.2, 0) is 4.74 Å². The van der Waals surface area contributed by atoms with Crippen molar-refractivity contribution < 1.29 is 4.74 Å². The highest BCUT2D eigenvalue weighted by atomic mass is 35.5. The molecule has 3 heteroatoms. The zero-order valence-corrected chi connectivity index (χ0v) is 8.94. The summed E-state index contributed by atoms with van der Waals surface area (Å²) < 4.78 is 5.41. The highest BCUT2D eigenvalue weighted by molar-refractivity contribution is 6.26. The number of rotatable bonds is 3. The molecular formula is C10H18ClNO. The molecule has 13 heavy (non-hydrogen) atoms. The van der Waals surface area contributed by atoms with Gasteiger partial charge in [-0.15, -0.1) is 11.6 Å². The van der Waals surface area contributed by atoms with Crippen molar-refractivity contribution in [1.82, 2.24) is 5.32 Å². The Labute approximate surface area is 85.0 Å². The van der Waals surface area contributed by atoms with Crippen LogP contribution in [0.2, 0.25) is 0 Å². The van der Waals surface area contributed by atoms with Gasteiger partial charge in [0.05, 0.1) is 11.5 Å². The van der Waals surface area contributed by atoms with E-state index >= 15 is 0 Å². The summed E-state index contributed by atoms with van der Waals surface area (Å²) in [6.07, 6.45) is 4.74. The van der Waals surface area contributed by atoms with E-state index in [2.05, 4.69) is 12.2 Å². The minimum Gasteiger partial charge on any atom is -0.380 e. The number of hydrogen-bond acceptors (Lipinski definition) is 2. The first-order valence-electron chi connectivity index (χ1n) is 5.23. The molecule has 1 heterocycles. The number of alkyl halides is 1. The van der Waals surface area contributed by atoms with Crippen LogP contribution >= 0.6 is 11.6 Å². The van der Waals surface area contributed by atoms with Gasteiger partial charge in [0.2, 0.25) is 0 Å². The third-order valence-electron chi connectivity index (χ3n) is 3.15. The average Bonchev–Trinajstić information content (AvgIpc) is 2.87. The second-order valence-electron chi connectivity index (χ2n) is 4.34. The largest absolute Gasteiger partial charge is 0.380 e. The van der Waals surface area contributed by atoms with Crippen LogP contribution in [0.4, 0.5) is 0 Å². The minimum atomic E-state index is 0.0669. The average molecular weight is 204 g/mol. The molecule has 1 aliphatic carbocycles. The highest BCUT2D eigenvalue weighted by Crippen LogP contribution is 2.45. The van der Waals surface area contributed by atoms with E-state index in [1.165, 1.54) is 12.8 Å². The van der Waals surface area contributed by atoms with Crippen LogP contribution in [0.15, 0.2) is 0 Å². The Bertz CT molecular complexity index is 176. The Morgan fingerprint density at radius 1 is 1.54 bits per heavy atom. The first-order valence-corrected chi connectivity index (χ1v) is 5.61. The van der Waals surface area contributed by atoms with Gasteiger partial charge in [-0.2, -0.15) is 0 Å². The molecule has 2 aliphatic rings. The van der Waals surface area contributed by atoms with Crippen LogP contribution < -0.4 is 5.32 Å². The summed E-state index contributed by atoms with van der Waals surface area (Å²) in [5, 5.41) is 3.56. The quantitative estimate of drug-likeness (QED) is 0.708. The molecule has 0 bridgehead atoms. The number of halogens is 1. The topological polar surface area (TPSA) is 21.3 Å². The molecule has 1 N–H and O–H groups in total. The van der Waals surface area contributed by atoms with Crippen LogP contribution in [0.3, 0.4) is 0 Å². The van der Waals surface area contributed by atoms with Crippen LogP contribution in [-0.4, -0.2) is 30.2 Å². The summed E-state index contributed by atoms with van der Waals surface area (Å²) in [4.78, 5) is 0.0669. The molecule has 0 radical (unpaired) electrons. The molecular weight excluding hydrogens is 186 g/mol. The smallest absolute Gasteiger partial charge is 0.0619 e. The van der Waals surface area contributed by atoms with Gasteiger partial charge in [-0.1, -0.05) is 0 Å². The molecule has 0 aromatic heterocycles. The van der Waals surface area contributed by atoms with Crippen LogP contribution in [0.1, 0.15) is 32.6 Å². The Balaban J connectivity index is 1.76. The van der Waals surface area contributed by atoms with Crippen LogP contribution in [0, 0.1) is 0 Å². The predicted molar refractivity (Wildman–Crippen MR) is 54.3 cm³/mol. The van der Waals surface area contributed by atoms with E-state index in [1.807, 2.05) is 0 Å². The Morgan fingerprint density at radius 2 is 2.31 bits per heavy atom. The van der Waals surface area contributed by atoms with Crippen LogP contribution in [0.25, 0.3) is 0 Å². The molecule has 1 saturated carbocycles. The third kappa shape index (κ3) is 2.36. The van der Waals surface area contributed by atoms with Crippen molar-refractivity contribution in [1.29, 1.82) is 0 Å². The molecule has 2 rings (SSSR count). The lowest BCUT2D eigenvalue weighted by atomic mass is 10.1. The van der Waals surface area contributed by atoms with Crippen molar-refractivity contribution in [2.24, 2.45) is 0 Å². The zero-order chi connectivity index (χ0) is 9.31. The van der Waals surface area contributed by atoms with Gasteiger partial charge in [0, 0.05) is 18.7 Å². The maximum atomic E-state index is 6.31. The van der Waals surface area contributed by atoms with E-state index in [4.69, 9.17) is 16.3 Å². The monoisotopic (exact) mass is 203 g/mol. The summed E-state index contributed by atoms with van der Waals surface area (Å²) in [7, 11) is 0. The SMILES string of the molecule is CC(NC1CCCOC1)C1(Cl)CC1. The second-order valence-corrected chi connectivity index (χ2v) is 5.09. The Hall–Kier alpha value is 0.210. The molecule has 0 amide bonds. The van der Waals surface area contributed by atoms with E-state index in [1.54, 1.807) is 0 Å². The predicted octanol–water partition coefficient (Wildman–Crippen LogP) is 1.91. The molecule has 1 aliphatic heterocycles.